The van der Waals surface area contributed by atoms with Gasteiger partial charge in [-0.3, -0.25) is 0 Å². The number of hydrogen-bond acceptors (Lipinski definition) is 6. The molecule has 0 saturated carbocycles. The van der Waals surface area contributed by atoms with E-state index < -0.39 is 18.1 Å². The fourth-order valence-electron chi connectivity index (χ4n) is 3.01. The summed E-state index contributed by atoms with van der Waals surface area (Å²) >= 11 is 0. The van der Waals surface area contributed by atoms with Crippen molar-refractivity contribution in [2.45, 2.75) is 63.5 Å². The van der Waals surface area contributed by atoms with E-state index in [0.717, 1.165) is 32.0 Å². The molecule has 0 aromatic carbocycles. The van der Waals surface area contributed by atoms with Crippen molar-refractivity contribution in [3.63, 3.8) is 0 Å². The third-order valence-electron chi connectivity index (χ3n) is 4.73. The first kappa shape index (κ1) is 25.2. The molecule has 0 fully saturated rings. The second kappa shape index (κ2) is 16.4. The van der Waals surface area contributed by atoms with Gasteiger partial charge in [0.05, 0.1) is 0 Å². The van der Waals surface area contributed by atoms with Gasteiger partial charge in [0.1, 0.15) is 0 Å². The summed E-state index contributed by atoms with van der Waals surface area (Å²) in [6.45, 7) is 4.38. The summed E-state index contributed by atoms with van der Waals surface area (Å²) in [5.41, 5.74) is 0.546. The van der Waals surface area contributed by atoms with Gasteiger partial charge in [0.2, 0.25) is 0 Å². The van der Waals surface area contributed by atoms with Gasteiger partial charge in [-0.25, -0.2) is 0 Å². The molecule has 0 saturated heterocycles. The summed E-state index contributed by atoms with van der Waals surface area (Å²) in [4.78, 5) is 0. The van der Waals surface area contributed by atoms with Gasteiger partial charge in [-0.15, -0.1) is 0 Å². The summed E-state index contributed by atoms with van der Waals surface area (Å²) in [7, 11) is 4.75. The maximum absolute atomic E-state index is 5.44. The van der Waals surface area contributed by atoms with Gasteiger partial charge in [0, 0.05) is 41.6 Å². The topological polar surface area (TPSA) is 58.2 Å². The Bertz CT molecular complexity index is 284. The summed E-state index contributed by atoms with van der Waals surface area (Å²) in [5, 5.41) is 3.53. The molecule has 6 nitrogen and oxygen atoms in total. The Morgan fingerprint density at radius 3 is 1.80 bits per heavy atom. The van der Waals surface area contributed by atoms with E-state index in [2.05, 4.69) is 12.2 Å². The number of hydrogen-bond donors (Lipinski definition) is 1. The first-order chi connectivity index (χ1) is 12.1. The van der Waals surface area contributed by atoms with Crippen LogP contribution in [0, 0.1) is 0 Å². The molecule has 0 aliphatic heterocycles. The first-order valence-electron chi connectivity index (χ1n) is 9.50. The van der Waals surface area contributed by atoms with Gasteiger partial charge in [-0.1, -0.05) is 32.6 Å². The minimum absolute atomic E-state index is 0.546. The molecule has 0 aromatic heterocycles. The van der Waals surface area contributed by atoms with Crippen molar-refractivity contribution in [2.75, 3.05) is 48.6 Å². The van der Waals surface area contributed by atoms with Gasteiger partial charge in [-0.05, 0) is 37.9 Å². The molecule has 1 atom stereocenters. The van der Waals surface area contributed by atoms with Gasteiger partial charge in [0.15, 0.2) is 0 Å². The maximum Gasteiger partial charge on any atom is 0.500 e. The molecule has 0 radical (unpaired) electrons. The van der Waals surface area contributed by atoms with Crippen LogP contribution in [0.5, 0.6) is 0 Å². The van der Waals surface area contributed by atoms with Crippen LogP contribution < -0.4 is 5.32 Å². The number of nitrogens with one attached hydrogen (secondary N) is 1. The van der Waals surface area contributed by atoms with Crippen LogP contribution in [-0.2, 0) is 22.1 Å². The van der Waals surface area contributed by atoms with Crippen LogP contribution in [-0.4, -0.2) is 66.7 Å². The number of unbranched alkanes of at least 4 members (excludes halogenated alkanes) is 5. The third kappa shape index (κ3) is 11.5. The van der Waals surface area contributed by atoms with E-state index in [1.165, 1.54) is 32.1 Å². The van der Waals surface area contributed by atoms with E-state index in [9.17, 15) is 0 Å². The molecular weight excluding hydrogens is 354 g/mol. The normalized spacial score (nSPS) is 13.6. The molecule has 0 aliphatic rings. The zero-order valence-corrected chi connectivity index (χ0v) is 19.4. The Balaban J connectivity index is 3.45. The van der Waals surface area contributed by atoms with E-state index in [1.54, 1.807) is 35.5 Å². The summed E-state index contributed by atoms with van der Waals surface area (Å²) in [6, 6.07) is 0.906. The summed E-state index contributed by atoms with van der Waals surface area (Å²) < 4.78 is 27.1. The average Bonchev–Trinajstić information content (AvgIpc) is 2.64. The van der Waals surface area contributed by atoms with Crippen molar-refractivity contribution in [1.82, 2.24) is 5.32 Å². The molecule has 152 valence electrons. The van der Waals surface area contributed by atoms with Gasteiger partial charge < -0.3 is 27.4 Å². The molecule has 0 amide bonds. The van der Waals surface area contributed by atoms with Crippen LogP contribution in [0.4, 0.5) is 0 Å². The Morgan fingerprint density at radius 1 is 0.760 bits per heavy atom. The fraction of sp³-hybridized carbons (Fsp3) is 1.00. The predicted octanol–water partition coefficient (Wildman–Crippen LogP) is 3.09. The lowest BCUT2D eigenvalue weighted by Gasteiger charge is -2.24. The second-order valence-electron chi connectivity index (χ2n) is 6.52. The van der Waals surface area contributed by atoms with Gasteiger partial charge in [-0.2, -0.15) is 0 Å². The maximum atomic E-state index is 5.44. The monoisotopic (exact) mass is 395 g/mol. The van der Waals surface area contributed by atoms with E-state index >= 15 is 0 Å². The highest BCUT2D eigenvalue weighted by Gasteiger charge is 2.36. The van der Waals surface area contributed by atoms with Crippen molar-refractivity contribution in [2.24, 2.45) is 0 Å². The smallest absolute Gasteiger partial charge is 0.400 e. The van der Waals surface area contributed by atoms with E-state index in [1.807, 2.05) is 0 Å². The van der Waals surface area contributed by atoms with Gasteiger partial charge >= 0.3 is 18.1 Å². The lowest BCUT2D eigenvalue weighted by Crippen LogP contribution is -2.42. The quantitative estimate of drug-likeness (QED) is 0.284. The Labute approximate surface area is 158 Å². The third-order valence-corrected chi connectivity index (χ3v) is 9.75. The lowest BCUT2D eigenvalue weighted by molar-refractivity contribution is 0.122. The van der Waals surface area contributed by atoms with E-state index in [0.29, 0.717) is 5.54 Å². The molecule has 0 heterocycles. The van der Waals surface area contributed by atoms with Crippen LogP contribution in [0.3, 0.4) is 0 Å². The first-order valence-corrected chi connectivity index (χ1v) is 13.0. The minimum atomic E-state index is -2.36. The zero-order valence-electron chi connectivity index (χ0n) is 17.3. The van der Waals surface area contributed by atoms with Crippen LogP contribution in [0.25, 0.3) is 0 Å². The predicted molar refractivity (Wildman–Crippen MR) is 107 cm³/mol. The van der Waals surface area contributed by atoms with Crippen molar-refractivity contribution in [3.8, 4) is 0 Å². The molecular formula is C17H41NO5Si2. The van der Waals surface area contributed by atoms with Crippen molar-refractivity contribution >= 4 is 18.1 Å². The average molecular weight is 396 g/mol. The molecule has 0 aromatic rings. The lowest BCUT2D eigenvalue weighted by atomic mass is 10.1. The fourth-order valence-corrected chi connectivity index (χ4v) is 6.36. The summed E-state index contributed by atoms with van der Waals surface area (Å²) in [5.74, 6) is 0. The zero-order chi connectivity index (χ0) is 19.0. The van der Waals surface area contributed by atoms with Crippen molar-refractivity contribution < 1.29 is 22.1 Å². The van der Waals surface area contributed by atoms with Crippen LogP contribution in [0.1, 0.15) is 51.9 Å². The summed E-state index contributed by atoms with van der Waals surface area (Å²) in [6.07, 6.45) is 8.56. The highest BCUT2D eigenvalue weighted by atomic mass is 28.4. The minimum Gasteiger partial charge on any atom is -0.400 e. The highest BCUT2D eigenvalue weighted by Crippen LogP contribution is 2.18. The molecule has 1 unspecified atom stereocenters. The van der Waals surface area contributed by atoms with Crippen LogP contribution in [0.2, 0.25) is 11.6 Å². The second-order valence-corrected chi connectivity index (χ2v) is 12.4. The van der Waals surface area contributed by atoms with Crippen molar-refractivity contribution in [1.29, 1.82) is 0 Å². The molecule has 1 N–H and O–H groups in total. The molecule has 0 aliphatic carbocycles. The Morgan fingerprint density at radius 2 is 1.28 bits per heavy atom. The van der Waals surface area contributed by atoms with E-state index in [-0.39, 0.29) is 0 Å². The standard InChI is InChI=1S/C17H41NO5Si2/c1-17(24(19-2)20-3)13-15-18-14-11-9-7-8-10-12-16-25(21-4,22-5)23-6/h17-18,24H,7-16H2,1-6H3. The Hall–Kier alpha value is 0.194. The molecule has 0 rings (SSSR count). The van der Waals surface area contributed by atoms with Crippen LogP contribution >= 0.6 is 0 Å². The van der Waals surface area contributed by atoms with Crippen LogP contribution in [0.15, 0.2) is 0 Å². The molecule has 0 spiro atoms. The molecule has 8 heteroatoms. The highest BCUT2D eigenvalue weighted by molar-refractivity contribution is 6.60. The van der Waals surface area contributed by atoms with Gasteiger partial charge in [0.25, 0.3) is 0 Å². The Kier molecular flexibility index (Phi) is 16.5. The number of rotatable bonds is 18. The molecule has 25 heavy (non-hydrogen) atoms. The van der Waals surface area contributed by atoms with Crippen molar-refractivity contribution in [3.05, 3.63) is 0 Å². The van der Waals surface area contributed by atoms with E-state index in [4.69, 9.17) is 22.1 Å². The molecule has 0 bridgehead atoms. The largest absolute Gasteiger partial charge is 0.500 e. The SMILES string of the molecule is CO[SiH](OC)C(C)CCNCCCCCCCC[Si](OC)(OC)OC.